The first-order valence-electron chi connectivity index (χ1n) is 7.72. The molecule has 6 heteroatoms. The highest BCUT2D eigenvalue weighted by molar-refractivity contribution is 6.37. The topological polar surface area (TPSA) is 61.7 Å². The molecule has 0 saturated heterocycles. The van der Waals surface area contributed by atoms with E-state index in [2.05, 4.69) is 16.0 Å². The van der Waals surface area contributed by atoms with Crippen molar-refractivity contribution in [2.45, 2.75) is 13.8 Å². The molecule has 1 aromatic heterocycles. The summed E-state index contributed by atoms with van der Waals surface area (Å²) in [5.74, 6) is 0.949. The van der Waals surface area contributed by atoms with Gasteiger partial charge in [0, 0.05) is 0 Å². The van der Waals surface area contributed by atoms with Crippen molar-refractivity contribution >= 4 is 45.9 Å². The van der Waals surface area contributed by atoms with Crippen LogP contribution in [0.3, 0.4) is 0 Å². The summed E-state index contributed by atoms with van der Waals surface area (Å²) in [5.41, 5.74) is 3.91. The van der Waals surface area contributed by atoms with Crippen molar-refractivity contribution in [2.24, 2.45) is 0 Å². The minimum atomic E-state index is 0.394. The molecule has 0 aliphatic heterocycles. The first-order chi connectivity index (χ1) is 12.0. The highest BCUT2D eigenvalue weighted by Crippen LogP contribution is 2.35. The van der Waals surface area contributed by atoms with Gasteiger partial charge < -0.3 is 9.72 Å². The van der Waals surface area contributed by atoms with E-state index in [9.17, 15) is 5.26 Å². The molecule has 0 aliphatic carbocycles. The van der Waals surface area contributed by atoms with Crippen molar-refractivity contribution < 1.29 is 4.74 Å². The van der Waals surface area contributed by atoms with Crippen LogP contribution >= 0.6 is 23.2 Å². The molecule has 0 fully saturated rings. The summed E-state index contributed by atoms with van der Waals surface area (Å²) in [4.78, 5) is 7.65. The Balaban J connectivity index is 2.04. The van der Waals surface area contributed by atoms with Gasteiger partial charge in [0.15, 0.2) is 5.75 Å². The van der Waals surface area contributed by atoms with Crippen molar-refractivity contribution in [3.63, 3.8) is 0 Å². The molecular weight excluding hydrogens is 357 g/mol. The summed E-state index contributed by atoms with van der Waals surface area (Å²) in [7, 11) is 0. The molecule has 0 bridgehead atoms. The van der Waals surface area contributed by atoms with Crippen LogP contribution in [0.25, 0.3) is 22.7 Å². The number of halogens is 2. The Morgan fingerprint density at radius 2 is 2.00 bits per heavy atom. The Morgan fingerprint density at radius 3 is 2.64 bits per heavy atom. The number of allylic oxidation sites excluding steroid dienone is 1. The van der Waals surface area contributed by atoms with Crippen LogP contribution in [0, 0.1) is 18.3 Å². The molecule has 3 aromatic rings. The van der Waals surface area contributed by atoms with Gasteiger partial charge in [0.2, 0.25) is 0 Å². The molecule has 0 spiro atoms. The van der Waals surface area contributed by atoms with Crippen LogP contribution in [0.2, 0.25) is 10.0 Å². The molecule has 1 heterocycles. The number of benzene rings is 2. The Kier molecular flexibility index (Phi) is 4.98. The number of aryl methyl sites for hydroxylation is 1. The summed E-state index contributed by atoms with van der Waals surface area (Å²) in [5, 5.41) is 10.3. The van der Waals surface area contributed by atoms with E-state index >= 15 is 0 Å². The monoisotopic (exact) mass is 371 g/mol. The summed E-state index contributed by atoms with van der Waals surface area (Å²) >= 11 is 12.4. The molecule has 25 heavy (non-hydrogen) atoms. The molecule has 4 nitrogen and oxygen atoms in total. The number of nitrogens with zero attached hydrogens (tertiary/aromatic N) is 2. The summed E-state index contributed by atoms with van der Waals surface area (Å²) in [6.07, 6.45) is 1.69. The maximum atomic E-state index is 9.53. The van der Waals surface area contributed by atoms with Crippen LogP contribution < -0.4 is 4.74 Å². The highest BCUT2D eigenvalue weighted by atomic mass is 35.5. The quantitative estimate of drug-likeness (QED) is 0.603. The summed E-state index contributed by atoms with van der Waals surface area (Å²) < 4.78 is 5.42. The largest absolute Gasteiger partial charge is 0.491 e. The number of nitrogens with one attached hydrogen (secondary N) is 1. The van der Waals surface area contributed by atoms with Crippen LogP contribution in [-0.4, -0.2) is 16.6 Å². The zero-order chi connectivity index (χ0) is 18.0. The molecule has 3 rings (SSSR count). The van der Waals surface area contributed by atoms with Gasteiger partial charge in [-0.25, -0.2) is 4.98 Å². The van der Waals surface area contributed by atoms with Gasteiger partial charge in [0.1, 0.15) is 11.9 Å². The van der Waals surface area contributed by atoms with Gasteiger partial charge in [0.05, 0.1) is 33.3 Å². The average Bonchev–Trinajstić information content (AvgIpc) is 2.98. The molecule has 0 aliphatic rings. The normalized spacial score (nSPS) is 11.6. The first-order valence-corrected chi connectivity index (χ1v) is 8.47. The third-order valence-corrected chi connectivity index (χ3v) is 4.19. The minimum Gasteiger partial charge on any atom is -0.491 e. The second-order valence-electron chi connectivity index (χ2n) is 5.52. The summed E-state index contributed by atoms with van der Waals surface area (Å²) in [6, 6.07) is 11.5. The van der Waals surface area contributed by atoms with E-state index in [0.717, 1.165) is 16.6 Å². The van der Waals surface area contributed by atoms with E-state index in [0.29, 0.717) is 39.4 Å². The van der Waals surface area contributed by atoms with E-state index in [-0.39, 0.29) is 0 Å². The maximum absolute atomic E-state index is 9.53. The van der Waals surface area contributed by atoms with Gasteiger partial charge in [-0.2, -0.15) is 5.26 Å². The van der Waals surface area contributed by atoms with Crippen molar-refractivity contribution in [2.75, 3.05) is 6.61 Å². The predicted octanol–water partition coefficient (Wildman–Crippen LogP) is 5.64. The molecule has 0 radical (unpaired) electrons. The van der Waals surface area contributed by atoms with Gasteiger partial charge in [-0.3, -0.25) is 0 Å². The smallest absolute Gasteiger partial charge is 0.156 e. The number of aromatic nitrogens is 2. The Morgan fingerprint density at radius 1 is 1.28 bits per heavy atom. The van der Waals surface area contributed by atoms with Crippen LogP contribution in [0.15, 0.2) is 30.3 Å². The molecule has 0 saturated carbocycles. The van der Waals surface area contributed by atoms with Crippen molar-refractivity contribution in [1.29, 1.82) is 5.26 Å². The predicted molar refractivity (Wildman–Crippen MR) is 102 cm³/mol. The lowest BCUT2D eigenvalue weighted by Gasteiger charge is -2.08. The number of rotatable bonds is 4. The van der Waals surface area contributed by atoms with E-state index in [1.165, 1.54) is 0 Å². The number of imidazole rings is 1. The van der Waals surface area contributed by atoms with E-state index in [4.69, 9.17) is 27.9 Å². The van der Waals surface area contributed by atoms with E-state index in [1.54, 1.807) is 18.2 Å². The second kappa shape index (κ2) is 7.18. The minimum absolute atomic E-state index is 0.394. The Labute approximate surface area is 155 Å². The fraction of sp³-hybridized carbons (Fsp3) is 0.158. The van der Waals surface area contributed by atoms with Gasteiger partial charge in [0.25, 0.3) is 0 Å². The number of H-pyrrole nitrogens is 1. The first kappa shape index (κ1) is 17.3. The van der Waals surface area contributed by atoms with Crippen LogP contribution in [0.4, 0.5) is 0 Å². The van der Waals surface area contributed by atoms with Crippen molar-refractivity contribution in [3.05, 3.63) is 57.3 Å². The van der Waals surface area contributed by atoms with Gasteiger partial charge in [-0.1, -0.05) is 29.3 Å². The van der Waals surface area contributed by atoms with Crippen LogP contribution in [0.1, 0.15) is 23.9 Å². The van der Waals surface area contributed by atoms with Gasteiger partial charge in [-0.15, -0.1) is 0 Å². The number of fused-ring (bicyclic) bond motifs is 1. The Bertz CT molecular complexity index is 992. The third kappa shape index (κ3) is 3.63. The number of hydrogen-bond donors (Lipinski definition) is 1. The molecule has 0 atom stereocenters. The van der Waals surface area contributed by atoms with Gasteiger partial charge in [-0.05, 0) is 55.3 Å². The van der Waals surface area contributed by atoms with Crippen LogP contribution in [0.5, 0.6) is 5.75 Å². The van der Waals surface area contributed by atoms with Crippen molar-refractivity contribution in [1.82, 2.24) is 9.97 Å². The van der Waals surface area contributed by atoms with E-state index in [1.807, 2.05) is 32.0 Å². The lowest BCUT2D eigenvalue weighted by Crippen LogP contribution is -1.94. The lowest BCUT2D eigenvalue weighted by atomic mass is 10.1. The molecular formula is C19H15Cl2N3O. The Hall–Kier alpha value is -2.48. The molecule has 2 aromatic carbocycles. The molecule has 0 amide bonds. The third-order valence-electron chi connectivity index (χ3n) is 3.63. The lowest BCUT2D eigenvalue weighted by molar-refractivity contribution is 0.340. The molecule has 126 valence electrons. The van der Waals surface area contributed by atoms with Crippen LogP contribution in [-0.2, 0) is 0 Å². The number of hydrogen-bond acceptors (Lipinski definition) is 3. The number of ether oxygens (including phenoxy) is 1. The standard InChI is InChI=1S/C19H15Cl2N3O/c1-3-25-18-14(20)8-12(9-15(18)21)7-13(10-22)19-23-16-5-4-11(2)6-17(16)24-19/h4-9H,3H2,1-2H3,(H,23,24)/b13-7-. The zero-order valence-electron chi connectivity index (χ0n) is 13.7. The fourth-order valence-electron chi connectivity index (χ4n) is 2.52. The maximum Gasteiger partial charge on any atom is 0.156 e. The van der Waals surface area contributed by atoms with Gasteiger partial charge >= 0.3 is 0 Å². The van der Waals surface area contributed by atoms with Crippen molar-refractivity contribution in [3.8, 4) is 11.8 Å². The highest BCUT2D eigenvalue weighted by Gasteiger charge is 2.11. The average molecular weight is 372 g/mol. The summed E-state index contributed by atoms with van der Waals surface area (Å²) in [6.45, 7) is 4.33. The number of nitriles is 1. The molecule has 0 unspecified atom stereocenters. The molecule has 1 N–H and O–H groups in total. The van der Waals surface area contributed by atoms with E-state index < -0.39 is 0 Å². The number of aromatic amines is 1. The second-order valence-corrected chi connectivity index (χ2v) is 6.34. The fourth-order valence-corrected chi connectivity index (χ4v) is 3.13. The zero-order valence-corrected chi connectivity index (χ0v) is 15.2. The SMILES string of the molecule is CCOc1c(Cl)cc(/C=C(/C#N)c2nc3ccc(C)cc3[nH]2)cc1Cl.